The van der Waals surface area contributed by atoms with E-state index in [9.17, 15) is 9.59 Å². The third-order valence-electron chi connectivity index (χ3n) is 4.18. The number of carbonyl (C=O) groups is 2. The molecular weight excluding hydrogens is 318 g/mol. The SMILES string of the molecule is CCOC(=O)CC(C)c1ccc2c(c1)CCCN2C(=O)OC(C)(C)C. The Kier molecular flexibility index (Phi) is 6.09. The van der Waals surface area contributed by atoms with Crippen molar-refractivity contribution in [3.63, 3.8) is 0 Å². The Morgan fingerprint density at radius 2 is 2.00 bits per heavy atom. The van der Waals surface area contributed by atoms with E-state index in [0.29, 0.717) is 19.6 Å². The van der Waals surface area contributed by atoms with Crippen LogP contribution in [0.1, 0.15) is 64.5 Å². The van der Waals surface area contributed by atoms with Crippen LogP contribution in [0, 0.1) is 0 Å². The average Bonchev–Trinajstić information content (AvgIpc) is 2.52. The highest BCUT2D eigenvalue weighted by molar-refractivity contribution is 5.89. The van der Waals surface area contributed by atoms with Crippen LogP contribution in [0.5, 0.6) is 0 Å². The van der Waals surface area contributed by atoms with Crippen molar-refractivity contribution in [3.8, 4) is 0 Å². The van der Waals surface area contributed by atoms with E-state index in [0.717, 1.165) is 29.7 Å². The fourth-order valence-corrected chi connectivity index (χ4v) is 3.02. The Hall–Kier alpha value is -2.04. The topological polar surface area (TPSA) is 55.8 Å². The van der Waals surface area contributed by atoms with Gasteiger partial charge in [-0.1, -0.05) is 19.1 Å². The van der Waals surface area contributed by atoms with E-state index < -0.39 is 5.60 Å². The monoisotopic (exact) mass is 347 g/mol. The second kappa shape index (κ2) is 7.89. The number of esters is 1. The quantitative estimate of drug-likeness (QED) is 0.756. The number of nitrogens with zero attached hydrogens (tertiary/aromatic N) is 1. The van der Waals surface area contributed by atoms with Crippen molar-refractivity contribution in [2.24, 2.45) is 0 Å². The Balaban J connectivity index is 2.16. The second-order valence-corrected chi connectivity index (χ2v) is 7.53. The van der Waals surface area contributed by atoms with Crippen LogP contribution in [0.15, 0.2) is 18.2 Å². The van der Waals surface area contributed by atoms with Crippen LogP contribution in [-0.2, 0) is 20.7 Å². The van der Waals surface area contributed by atoms with E-state index in [1.54, 1.807) is 4.90 Å². The Morgan fingerprint density at radius 3 is 2.64 bits per heavy atom. The number of benzene rings is 1. The van der Waals surface area contributed by atoms with Crippen molar-refractivity contribution in [1.82, 2.24) is 0 Å². The molecule has 5 heteroatoms. The molecule has 0 saturated heterocycles. The van der Waals surface area contributed by atoms with Gasteiger partial charge >= 0.3 is 12.1 Å². The minimum atomic E-state index is -0.511. The molecule has 0 bridgehead atoms. The molecular formula is C20H29NO4. The number of hydrogen-bond acceptors (Lipinski definition) is 4. The highest BCUT2D eigenvalue weighted by Gasteiger charge is 2.27. The van der Waals surface area contributed by atoms with Crippen molar-refractivity contribution in [1.29, 1.82) is 0 Å². The molecule has 1 aliphatic rings. The van der Waals surface area contributed by atoms with Gasteiger partial charge in [0, 0.05) is 6.54 Å². The summed E-state index contributed by atoms with van der Waals surface area (Å²) in [5.41, 5.74) is 2.62. The van der Waals surface area contributed by atoms with Crippen LogP contribution in [0.2, 0.25) is 0 Å². The van der Waals surface area contributed by atoms with Crippen LogP contribution in [0.4, 0.5) is 10.5 Å². The molecule has 0 fully saturated rings. The average molecular weight is 347 g/mol. The summed E-state index contributed by atoms with van der Waals surface area (Å²) >= 11 is 0. The fourth-order valence-electron chi connectivity index (χ4n) is 3.02. The Morgan fingerprint density at radius 1 is 1.28 bits per heavy atom. The van der Waals surface area contributed by atoms with Gasteiger partial charge in [0.2, 0.25) is 0 Å². The number of carbonyl (C=O) groups excluding carboxylic acids is 2. The summed E-state index contributed by atoms with van der Waals surface area (Å²) < 4.78 is 10.6. The van der Waals surface area contributed by atoms with Crippen molar-refractivity contribution < 1.29 is 19.1 Å². The van der Waals surface area contributed by atoms with Crippen molar-refractivity contribution >= 4 is 17.7 Å². The molecule has 0 saturated carbocycles. The van der Waals surface area contributed by atoms with Gasteiger partial charge in [0.1, 0.15) is 5.60 Å². The molecule has 1 atom stereocenters. The molecule has 1 unspecified atom stereocenters. The van der Waals surface area contributed by atoms with Crippen LogP contribution < -0.4 is 4.90 Å². The van der Waals surface area contributed by atoms with E-state index in [-0.39, 0.29) is 18.0 Å². The molecule has 1 amide bonds. The van der Waals surface area contributed by atoms with Crippen LogP contribution in [-0.4, -0.2) is 30.8 Å². The molecule has 0 spiro atoms. The predicted octanol–water partition coefficient (Wildman–Crippen LogP) is 4.43. The van der Waals surface area contributed by atoms with E-state index in [1.807, 2.05) is 46.8 Å². The lowest BCUT2D eigenvalue weighted by Crippen LogP contribution is -2.39. The minimum Gasteiger partial charge on any atom is -0.466 e. The molecule has 0 radical (unpaired) electrons. The smallest absolute Gasteiger partial charge is 0.414 e. The summed E-state index contributed by atoms with van der Waals surface area (Å²) in [5.74, 6) is -0.0932. The first-order valence-corrected chi connectivity index (χ1v) is 9.00. The minimum absolute atomic E-state index is 0.0845. The maximum atomic E-state index is 12.5. The molecule has 0 aliphatic carbocycles. The summed E-state index contributed by atoms with van der Waals surface area (Å²) in [5, 5.41) is 0. The van der Waals surface area contributed by atoms with Gasteiger partial charge < -0.3 is 9.47 Å². The zero-order chi connectivity index (χ0) is 18.6. The lowest BCUT2D eigenvalue weighted by Gasteiger charge is -2.32. The third kappa shape index (κ3) is 5.21. The maximum Gasteiger partial charge on any atom is 0.414 e. The van der Waals surface area contributed by atoms with Crippen LogP contribution in [0.25, 0.3) is 0 Å². The summed E-state index contributed by atoms with van der Waals surface area (Å²) in [6.07, 6.45) is 1.89. The van der Waals surface area contributed by atoms with Crippen molar-refractivity contribution in [3.05, 3.63) is 29.3 Å². The Bertz CT molecular complexity index is 633. The van der Waals surface area contributed by atoms with Gasteiger partial charge in [-0.2, -0.15) is 0 Å². The van der Waals surface area contributed by atoms with Gasteiger partial charge in [0.25, 0.3) is 0 Å². The van der Waals surface area contributed by atoms with Gasteiger partial charge in [-0.05, 0) is 63.6 Å². The molecule has 0 aromatic heterocycles. The number of fused-ring (bicyclic) bond motifs is 1. The summed E-state index contributed by atoms with van der Waals surface area (Å²) in [7, 11) is 0. The molecule has 25 heavy (non-hydrogen) atoms. The summed E-state index contributed by atoms with van der Waals surface area (Å²) in [6.45, 7) is 10.5. The second-order valence-electron chi connectivity index (χ2n) is 7.53. The first-order chi connectivity index (χ1) is 11.7. The largest absolute Gasteiger partial charge is 0.466 e. The molecule has 1 aliphatic heterocycles. The summed E-state index contributed by atoms with van der Waals surface area (Å²) in [6, 6.07) is 6.07. The molecule has 1 aromatic rings. The first-order valence-electron chi connectivity index (χ1n) is 9.00. The standard InChI is InChI=1S/C20H29NO4/c1-6-24-18(22)12-14(2)15-9-10-17-16(13-15)8-7-11-21(17)19(23)25-20(3,4)5/h9-10,13-14H,6-8,11-12H2,1-5H3. The van der Waals surface area contributed by atoms with E-state index >= 15 is 0 Å². The van der Waals surface area contributed by atoms with Gasteiger partial charge in [0.15, 0.2) is 0 Å². The van der Waals surface area contributed by atoms with Gasteiger partial charge in [-0.25, -0.2) is 4.79 Å². The number of hydrogen-bond donors (Lipinski definition) is 0. The highest BCUT2D eigenvalue weighted by Crippen LogP contribution is 2.32. The van der Waals surface area contributed by atoms with Crippen molar-refractivity contribution in [2.75, 3.05) is 18.1 Å². The number of amides is 1. The molecule has 138 valence electrons. The fraction of sp³-hybridized carbons (Fsp3) is 0.600. The number of rotatable bonds is 4. The zero-order valence-electron chi connectivity index (χ0n) is 15.9. The van der Waals surface area contributed by atoms with Gasteiger partial charge in [0.05, 0.1) is 18.7 Å². The molecule has 1 heterocycles. The molecule has 1 aromatic carbocycles. The first kappa shape index (κ1) is 19.3. The lowest BCUT2D eigenvalue weighted by atomic mass is 9.92. The van der Waals surface area contributed by atoms with Gasteiger partial charge in [-0.3, -0.25) is 9.69 Å². The van der Waals surface area contributed by atoms with Gasteiger partial charge in [-0.15, -0.1) is 0 Å². The Labute approximate surface area is 150 Å². The van der Waals surface area contributed by atoms with Crippen LogP contribution >= 0.6 is 0 Å². The van der Waals surface area contributed by atoms with Crippen molar-refractivity contribution in [2.45, 2.75) is 65.4 Å². The lowest BCUT2D eigenvalue weighted by molar-refractivity contribution is -0.143. The number of ether oxygens (including phenoxy) is 2. The van der Waals surface area contributed by atoms with E-state index in [4.69, 9.17) is 9.47 Å². The molecule has 5 nitrogen and oxygen atoms in total. The molecule has 2 rings (SSSR count). The number of aryl methyl sites for hydroxylation is 1. The van der Waals surface area contributed by atoms with Crippen LogP contribution in [0.3, 0.4) is 0 Å². The molecule has 0 N–H and O–H groups in total. The predicted molar refractivity (Wildman–Crippen MR) is 98.0 cm³/mol. The van der Waals surface area contributed by atoms with E-state index in [2.05, 4.69) is 6.07 Å². The zero-order valence-corrected chi connectivity index (χ0v) is 15.9. The normalized spacial score (nSPS) is 15.3. The maximum absolute atomic E-state index is 12.5. The highest BCUT2D eigenvalue weighted by atomic mass is 16.6. The third-order valence-corrected chi connectivity index (χ3v) is 4.18. The van der Waals surface area contributed by atoms with E-state index in [1.165, 1.54) is 0 Å². The summed E-state index contributed by atoms with van der Waals surface area (Å²) in [4.78, 5) is 25.9. The number of anilines is 1.